The minimum Gasteiger partial charge on any atom is -0.497 e. The van der Waals surface area contributed by atoms with Crippen molar-refractivity contribution in [1.29, 1.82) is 0 Å². The van der Waals surface area contributed by atoms with Crippen molar-refractivity contribution in [3.05, 3.63) is 23.8 Å². The second-order valence-electron chi connectivity index (χ2n) is 5.37. The summed E-state index contributed by atoms with van der Waals surface area (Å²) in [6.07, 6.45) is 3.19. The first kappa shape index (κ1) is 18.6. The maximum absolute atomic E-state index is 12.4. The highest BCUT2D eigenvalue weighted by Crippen LogP contribution is 2.25. The lowest BCUT2D eigenvalue weighted by Crippen LogP contribution is -2.47. The Bertz CT molecular complexity index is 490. The third-order valence-corrected chi connectivity index (χ3v) is 3.89. The summed E-state index contributed by atoms with van der Waals surface area (Å²) in [7, 11) is 5.09. The Balaban J connectivity index is 0.00000242. The Morgan fingerprint density at radius 2 is 2.09 bits per heavy atom. The van der Waals surface area contributed by atoms with Gasteiger partial charge in [0.2, 0.25) is 5.91 Å². The van der Waals surface area contributed by atoms with E-state index in [2.05, 4.69) is 5.32 Å². The van der Waals surface area contributed by atoms with Gasteiger partial charge in [0.05, 0.1) is 20.3 Å². The summed E-state index contributed by atoms with van der Waals surface area (Å²) in [6.45, 7) is 1.46. The number of carbonyl (C=O) groups is 1. The highest BCUT2D eigenvalue weighted by atomic mass is 35.5. The molecule has 1 aliphatic heterocycles. The number of ether oxygens (including phenoxy) is 2. The average molecular weight is 329 g/mol. The Labute approximate surface area is 138 Å². The van der Waals surface area contributed by atoms with Crippen LogP contribution in [0.25, 0.3) is 0 Å². The Kier molecular flexibility index (Phi) is 7.48. The molecule has 124 valence electrons. The van der Waals surface area contributed by atoms with Gasteiger partial charge in [-0.15, -0.1) is 12.4 Å². The van der Waals surface area contributed by atoms with Crippen LogP contribution in [-0.2, 0) is 11.3 Å². The first-order chi connectivity index (χ1) is 10.2. The maximum Gasteiger partial charge on any atom is 0.239 e. The molecule has 22 heavy (non-hydrogen) atoms. The largest absolute Gasteiger partial charge is 0.497 e. The van der Waals surface area contributed by atoms with Gasteiger partial charge in [0, 0.05) is 25.2 Å². The van der Waals surface area contributed by atoms with Crippen molar-refractivity contribution >= 4 is 18.3 Å². The van der Waals surface area contributed by atoms with Gasteiger partial charge in [0.1, 0.15) is 11.5 Å². The Morgan fingerprint density at radius 3 is 2.68 bits per heavy atom. The van der Waals surface area contributed by atoms with E-state index in [0.29, 0.717) is 6.54 Å². The van der Waals surface area contributed by atoms with E-state index in [9.17, 15) is 4.79 Å². The molecular formula is C16H25ClN2O3. The smallest absolute Gasteiger partial charge is 0.239 e. The fourth-order valence-electron chi connectivity index (χ4n) is 2.64. The molecule has 1 heterocycles. The number of piperidine rings is 1. The van der Waals surface area contributed by atoms with Gasteiger partial charge >= 0.3 is 0 Å². The monoisotopic (exact) mass is 328 g/mol. The number of methoxy groups -OCH3 is 2. The van der Waals surface area contributed by atoms with Crippen LogP contribution in [0.3, 0.4) is 0 Å². The topological polar surface area (TPSA) is 50.8 Å². The predicted octanol–water partition coefficient (Wildman–Crippen LogP) is 2.23. The fourth-order valence-corrected chi connectivity index (χ4v) is 2.64. The third-order valence-electron chi connectivity index (χ3n) is 3.89. The summed E-state index contributed by atoms with van der Waals surface area (Å²) in [4.78, 5) is 14.2. The molecule has 1 fully saturated rings. The normalized spacial score (nSPS) is 17.3. The van der Waals surface area contributed by atoms with Crippen LogP contribution in [0, 0.1) is 0 Å². The molecule has 0 aromatic heterocycles. The zero-order valence-electron chi connectivity index (χ0n) is 13.4. The molecule has 5 nitrogen and oxygen atoms in total. The molecule has 1 saturated heterocycles. The number of likely N-dealkylation sites (N-methyl/N-ethyl adjacent to an activating group) is 1. The van der Waals surface area contributed by atoms with E-state index in [0.717, 1.165) is 42.9 Å². The van der Waals surface area contributed by atoms with Crippen molar-refractivity contribution in [3.63, 3.8) is 0 Å². The zero-order valence-corrected chi connectivity index (χ0v) is 14.2. The number of benzene rings is 1. The number of halogens is 1. The molecule has 1 N–H and O–H groups in total. The van der Waals surface area contributed by atoms with E-state index in [-0.39, 0.29) is 24.4 Å². The van der Waals surface area contributed by atoms with Gasteiger partial charge in [-0.25, -0.2) is 0 Å². The molecule has 0 spiro atoms. The van der Waals surface area contributed by atoms with E-state index >= 15 is 0 Å². The van der Waals surface area contributed by atoms with Crippen molar-refractivity contribution < 1.29 is 14.3 Å². The highest BCUT2D eigenvalue weighted by molar-refractivity contribution is 5.85. The second kappa shape index (κ2) is 8.86. The number of hydrogen-bond acceptors (Lipinski definition) is 4. The predicted molar refractivity (Wildman–Crippen MR) is 88.9 cm³/mol. The molecule has 2 rings (SSSR count). The summed E-state index contributed by atoms with van der Waals surface area (Å²) in [5, 5.41) is 3.29. The minimum atomic E-state index is -0.0482. The van der Waals surface area contributed by atoms with Crippen LogP contribution in [0.15, 0.2) is 18.2 Å². The van der Waals surface area contributed by atoms with Crippen molar-refractivity contribution in [2.75, 3.05) is 27.8 Å². The molecule has 0 saturated carbocycles. The van der Waals surface area contributed by atoms with Crippen LogP contribution in [0.1, 0.15) is 24.8 Å². The van der Waals surface area contributed by atoms with Gasteiger partial charge in [0.25, 0.3) is 0 Å². The van der Waals surface area contributed by atoms with Crippen molar-refractivity contribution in [1.82, 2.24) is 10.2 Å². The van der Waals surface area contributed by atoms with Crippen molar-refractivity contribution in [2.24, 2.45) is 0 Å². The lowest BCUT2D eigenvalue weighted by molar-refractivity contribution is -0.133. The first-order valence-corrected chi connectivity index (χ1v) is 7.35. The molecule has 1 atom stereocenters. The van der Waals surface area contributed by atoms with Gasteiger partial charge < -0.3 is 19.7 Å². The summed E-state index contributed by atoms with van der Waals surface area (Å²) in [6, 6.07) is 5.62. The molecule has 0 aliphatic carbocycles. The third kappa shape index (κ3) is 4.52. The summed E-state index contributed by atoms with van der Waals surface area (Å²) in [5.74, 6) is 1.64. The first-order valence-electron chi connectivity index (χ1n) is 7.35. The van der Waals surface area contributed by atoms with Gasteiger partial charge in [0.15, 0.2) is 0 Å². The standard InChI is InChI=1S/C16H24N2O3.ClH/c1-18(16(19)14-6-4-5-9-17-14)11-12-7-8-13(20-2)10-15(12)21-3;/h7-8,10,14,17H,4-6,9,11H2,1-3H3;1H. The van der Waals surface area contributed by atoms with Crippen LogP contribution in [0.5, 0.6) is 11.5 Å². The molecule has 0 radical (unpaired) electrons. The van der Waals surface area contributed by atoms with Crippen molar-refractivity contribution in [2.45, 2.75) is 31.8 Å². The summed E-state index contributed by atoms with van der Waals surface area (Å²) >= 11 is 0. The number of hydrogen-bond donors (Lipinski definition) is 1. The van der Waals surface area contributed by atoms with Gasteiger partial charge in [-0.2, -0.15) is 0 Å². The molecule has 6 heteroatoms. The van der Waals surface area contributed by atoms with Crippen LogP contribution in [-0.4, -0.2) is 44.7 Å². The SMILES string of the molecule is COc1ccc(CN(C)C(=O)C2CCCCN2)c(OC)c1.Cl. The summed E-state index contributed by atoms with van der Waals surface area (Å²) < 4.78 is 10.6. The molecule has 1 amide bonds. The van der Waals surface area contributed by atoms with Crippen LogP contribution in [0.4, 0.5) is 0 Å². The van der Waals surface area contributed by atoms with Gasteiger partial charge in [-0.05, 0) is 31.5 Å². The van der Waals surface area contributed by atoms with Crippen LogP contribution in [0.2, 0.25) is 0 Å². The van der Waals surface area contributed by atoms with Crippen molar-refractivity contribution in [3.8, 4) is 11.5 Å². The molecule has 0 bridgehead atoms. The zero-order chi connectivity index (χ0) is 15.2. The van der Waals surface area contributed by atoms with E-state index in [1.807, 2.05) is 25.2 Å². The van der Waals surface area contributed by atoms with Crippen LogP contribution < -0.4 is 14.8 Å². The minimum absolute atomic E-state index is 0. The second-order valence-corrected chi connectivity index (χ2v) is 5.37. The number of nitrogens with zero attached hydrogens (tertiary/aromatic N) is 1. The molecule has 1 aromatic carbocycles. The van der Waals surface area contributed by atoms with E-state index in [1.165, 1.54) is 0 Å². The van der Waals surface area contributed by atoms with Gasteiger partial charge in [-0.3, -0.25) is 4.79 Å². The highest BCUT2D eigenvalue weighted by Gasteiger charge is 2.24. The average Bonchev–Trinajstić information content (AvgIpc) is 2.55. The molecule has 1 aliphatic rings. The van der Waals surface area contributed by atoms with Crippen LogP contribution >= 0.6 is 12.4 Å². The lowest BCUT2D eigenvalue weighted by atomic mass is 10.0. The van der Waals surface area contributed by atoms with Gasteiger partial charge in [-0.1, -0.05) is 6.42 Å². The number of nitrogens with one attached hydrogen (secondary N) is 1. The number of rotatable bonds is 5. The Morgan fingerprint density at radius 1 is 1.32 bits per heavy atom. The molecule has 1 unspecified atom stereocenters. The molecule has 1 aromatic rings. The quantitative estimate of drug-likeness (QED) is 0.900. The summed E-state index contributed by atoms with van der Waals surface area (Å²) in [5.41, 5.74) is 0.977. The fraction of sp³-hybridized carbons (Fsp3) is 0.562. The Hall–Kier alpha value is -1.46. The van der Waals surface area contributed by atoms with E-state index in [4.69, 9.17) is 9.47 Å². The molecular weight excluding hydrogens is 304 g/mol. The lowest BCUT2D eigenvalue weighted by Gasteiger charge is -2.28. The van der Waals surface area contributed by atoms with E-state index in [1.54, 1.807) is 19.1 Å². The maximum atomic E-state index is 12.4. The van der Waals surface area contributed by atoms with E-state index < -0.39 is 0 Å². The number of amides is 1. The number of carbonyl (C=O) groups excluding carboxylic acids is 1.